The summed E-state index contributed by atoms with van der Waals surface area (Å²) in [6.45, 7) is 5.73. The number of rotatable bonds is 6. The largest absolute Gasteiger partial charge is 0.494 e. The summed E-state index contributed by atoms with van der Waals surface area (Å²) in [5.41, 5.74) is 1.19. The highest BCUT2D eigenvalue weighted by Crippen LogP contribution is 2.36. The minimum absolute atomic E-state index is 0.169. The van der Waals surface area contributed by atoms with Gasteiger partial charge in [-0.15, -0.1) is 11.3 Å². The van der Waals surface area contributed by atoms with Gasteiger partial charge in [-0.25, -0.2) is 0 Å². The molecule has 102 valence electrons. The van der Waals surface area contributed by atoms with Crippen molar-refractivity contribution in [2.45, 2.75) is 19.9 Å². The molecule has 0 fully saturated rings. The molecule has 0 amide bonds. The standard InChI is InChI=1S/C15H18BrNOS/c1-3-17-14(15-12(16)9-10-19-15)11-7-5-6-8-13(11)18-4-2/h5-10,14,17H,3-4H2,1-2H3. The van der Waals surface area contributed by atoms with Crippen molar-refractivity contribution in [2.75, 3.05) is 13.2 Å². The summed E-state index contributed by atoms with van der Waals surface area (Å²) in [5.74, 6) is 0.955. The summed E-state index contributed by atoms with van der Waals surface area (Å²) in [6, 6.07) is 10.5. The molecule has 0 saturated heterocycles. The molecule has 0 aliphatic carbocycles. The van der Waals surface area contributed by atoms with Gasteiger partial charge in [-0.05, 0) is 46.9 Å². The smallest absolute Gasteiger partial charge is 0.124 e. The van der Waals surface area contributed by atoms with Gasteiger partial charge in [0, 0.05) is 14.9 Å². The Hall–Kier alpha value is -0.840. The summed E-state index contributed by atoms with van der Waals surface area (Å²) in [7, 11) is 0. The van der Waals surface area contributed by atoms with Crippen LogP contribution in [-0.4, -0.2) is 13.2 Å². The molecule has 1 N–H and O–H groups in total. The van der Waals surface area contributed by atoms with Crippen LogP contribution in [0.4, 0.5) is 0 Å². The molecule has 1 atom stereocenters. The molecule has 0 saturated carbocycles. The lowest BCUT2D eigenvalue weighted by atomic mass is 10.0. The Morgan fingerprint density at radius 3 is 2.68 bits per heavy atom. The highest BCUT2D eigenvalue weighted by molar-refractivity contribution is 9.10. The lowest BCUT2D eigenvalue weighted by Crippen LogP contribution is -2.22. The first-order valence-corrected chi connectivity index (χ1v) is 8.13. The summed E-state index contributed by atoms with van der Waals surface area (Å²) < 4.78 is 6.90. The normalized spacial score (nSPS) is 12.4. The van der Waals surface area contributed by atoms with Gasteiger partial charge < -0.3 is 10.1 Å². The molecule has 0 radical (unpaired) electrons. The molecule has 0 aliphatic heterocycles. The van der Waals surface area contributed by atoms with Crippen LogP contribution in [0.5, 0.6) is 5.75 Å². The van der Waals surface area contributed by atoms with Crippen molar-refractivity contribution in [3.8, 4) is 5.75 Å². The topological polar surface area (TPSA) is 21.3 Å². The SMILES string of the molecule is CCNC(c1ccccc1OCC)c1sccc1Br. The van der Waals surface area contributed by atoms with Gasteiger partial charge in [0.2, 0.25) is 0 Å². The molecule has 4 heteroatoms. The van der Waals surface area contributed by atoms with E-state index in [-0.39, 0.29) is 6.04 Å². The third-order valence-electron chi connectivity index (χ3n) is 2.85. The molecular formula is C15H18BrNOS. The second-order valence-electron chi connectivity index (χ2n) is 4.09. The van der Waals surface area contributed by atoms with E-state index in [0.29, 0.717) is 6.61 Å². The van der Waals surface area contributed by atoms with Gasteiger partial charge in [-0.3, -0.25) is 0 Å². The van der Waals surface area contributed by atoms with Gasteiger partial charge in [0.1, 0.15) is 5.75 Å². The first-order chi connectivity index (χ1) is 9.27. The molecule has 2 nitrogen and oxygen atoms in total. The third kappa shape index (κ3) is 3.38. The minimum Gasteiger partial charge on any atom is -0.494 e. The zero-order valence-corrected chi connectivity index (χ0v) is 13.6. The molecule has 1 aromatic carbocycles. The van der Waals surface area contributed by atoms with Crippen molar-refractivity contribution in [1.82, 2.24) is 5.32 Å². The molecule has 2 rings (SSSR count). The Labute approximate surface area is 126 Å². The number of nitrogens with one attached hydrogen (secondary N) is 1. The fourth-order valence-electron chi connectivity index (χ4n) is 2.07. The molecule has 0 aliphatic rings. The number of hydrogen-bond acceptors (Lipinski definition) is 3. The first-order valence-electron chi connectivity index (χ1n) is 6.45. The molecule has 0 spiro atoms. The van der Waals surface area contributed by atoms with Crippen molar-refractivity contribution in [3.05, 3.63) is 50.6 Å². The maximum Gasteiger partial charge on any atom is 0.124 e. The second kappa shape index (κ2) is 7.08. The predicted molar refractivity (Wildman–Crippen MR) is 85.1 cm³/mol. The number of ether oxygens (including phenoxy) is 1. The summed E-state index contributed by atoms with van der Waals surface area (Å²) in [5, 5.41) is 5.65. The predicted octanol–water partition coefficient (Wildman–Crippen LogP) is 4.61. The minimum atomic E-state index is 0.169. The quantitative estimate of drug-likeness (QED) is 0.829. The maximum atomic E-state index is 5.75. The van der Waals surface area contributed by atoms with Crippen LogP contribution in [0.2, 0.25) is 0 Å². The van der Waals surface area contributed by atoms with E-state index in [1.807, 2.05) is 19.1 Å². The van der Waals surface area contributed by atoms with Gasteiger partial charge in [-0.2, -0.15) is 0 Å². The van der Waals surface area contributed by atoms with E-state index in [9.17, 15) is 0 Å². The van der Waals surface area contributed by atoms with E-state index >= 15 is 0 Å². The van der Waals surface area contributed by atoms with E-state index in [0.717, 1.165) is 16.8 Å². The van der Waals surface area contributed by atoms with E-state index in [1.165, 1.54) is 10.4 Å². The zero-order chi connectivity index (χ0) is 13.7. The molecule has 19 heavy (non-hydrogen) atoms. The van der Waals surface area contributed by atoms with Crippen LogP contribution in [-0.2, 0) is 0 Å². The number of para-hydroxylation sites is 1. The van der Waals surface area contributed by atoms with Crippen LogP contribution >= 0.6 is 27.3 Å². The Kier molecular flexibility index (Phi) is 5.43. The van der Waals surface area contributed by atoms with Gasteiger partial charge in [0.05, 0.1) is 12.6 Å². The summed E-state index contributed by atoms with van der Waals surface area (Å²) >= 11 is 5.38. The average Bonchev–Trinajstić information content (AvgIpc) is 2.84. The fraction of sp³-hybridized carbons (Fsp3) is 0.333. The van der Waals surface area contributed by atoms with Gasteiger partial charge in [0.25, 0.3) is 0 Å². The fourth-order valence-corrected chi connectivity index (χ4v) is 3.76. The lowest BCUT2D eigenvalue weighted by molar-refractivity contribution is 0.334. The van der Waals surface area contributed by atoms with Crippen LogP contribution in [0.1, 0.15) is 30.3 Å². The monoisotopic (exact) mass is 339 g/mol. The number of thiophene rings is 1. The maximum absolute atomic E-state index is 5.75. The highest BCUT2D eigenvalue weighted by Gasteiger charge is 2.20. The third-order valence-corrected chi connectivity index (χ3v) is 4.78. The van der Waals surface area contributed by atoms with Crippen LogP contribution in [0.15, 0.2) is 40.2 Å². The molecule has 1 heterocycles. The average molecular weight is 340 g/mol. The first kappa shape index (κ1) is 14.6. The van der Waals surface area contributed by atoms with Crippen LogP contribution in [0.25, 0.3) is 0 Å². The molecule has 1 unspecified atom stereocenters. The number of hydrogen-bond donors (Lipinski definition) is 1. The zero-order valence-electron chi connectivity index (χ0n) is 11.2. The lowest BCUT2D eigenvalue weighted by Gasteiger charge is -2.20. The number of halogens is 1. The molecule has 0 bridgehead atoms. The van der Waals surface area contributed by atoms with Crippen molar-refractivity contribution in [2.24, 2.45) is 0 Å². The van der Waals surface area contributed by atoms with Crippen LogP contribution in [0, 0.1) is 0 Å². The van der Waals surface area contributed by atoms with Crippen LogP contribution in [0.3, 0.4) is 0 Å². The van der Waals surface area contributed by atoms with Crippen molar-refractivity contribution in [3.63, 3.8) is 0 Å². The highest BCUT2D eigenvalue weighted by atomic mass is 79.9. The van der Waals surface area contributed by atoms with Crippen molar-refractivity contribution >= 4 is 27.3 Å². The van der Waals surface area contributed by atoms with E-state index < -0.39 is 0 Å². The van der Waals surface area contributed by atoms with E-state index in [1.54, 1.807) is 11.3 Å². The number of benzene rings is 1. The van der Waals surface area contributed by atoms with E-state index in [2.05, 4.69) is 51.7 Å². The Morgan fingerprint density at radius 2 is 2.05 bits per heavy atom. The Morgan fingerprint density at radius 1 is 1.26 bits per heavy atom. The van der Waals surface area contributed by atoms with Gasteiger partial charge in [0.15, 0.2) is 0 Å². The van der Waals surface area contributed by atoms with Crippen LogP contribution < -0.4 is 10.1 Å². The molecular weight excluding hydrogens is 322 g/mol. The van der Waals surface area contributed by atoms with E-state index in [4.69, 9.17) is 4.74 Å². The van der Waals surface area contributed by atoms with Gasteiger partial charge in [-0.1, -0.05) is 25.1 Å². The summed E-state index contributed by atoms with van der Waals surface area (Å²) in [4.78, 5) is 1.29. The molecule has 1 aromatic heterocycles. The second-order valence-corrected chi connectivity index (χ2v) is 5.90. The van der Waals surface area contributed by atoms with Crippen molar-refractivity contribution in [1.29, 1.82) is 0 Å². The Balaban J connectivity index is 2.42. The van der Waals surface area contributed by atoms with Crippen molar-refractivity contribution < 1.29 is 4.74 Å². The summed E-state index contributed by atoms with van der Waals surface area (Å²) in [6.07, 6.45) is 0. The molecule has 2 aromatic rings. The Bertz CT molecular complexity index is 526. The van der Waals surface area contributed by atoms with Gasteiger partial charge >= 0.3 is 0 Å².